The van der Waals surface area contributed by atoms with E-state index in [1.165, 1.54) is 4.88 Å². The molecule has 1 amide bonds. The summed E-state index contributed by atoms with van der Waals surface area (Å²) in [6.45, 7) is 2.63. The Kier molecular flexibility index (Phi) is 5.80. The van der Waals surface area contributed by atoms with E-state index in [2.05, 4.69) is 5.32 Å². The molecule has 1 aromatic heterocycles. The van der Waals surface area contributed by atoms with E-state index in [0.717, 1.165) is 23.6 Å². The molecule has 5 heteroatoms. The summed E-state index contributed by atoms with van der Waals surface area (Å²) in [4.78, 5) is 12.6. The van der Waals surface area contributed by atoms with Gasteiger partial charge in [-0.3, -0.25) is 4.79 Å². The van der Waals surface area contributed by atoms with Crippen molar-refractivity contribution in [1.29, 1.82) is 0 Å². The molecule has 0 aliphatic heterocycles. The first-order valence-electron chi connectivity index (χ1n) is 5.41. The minimum Gasteiger partial charge on any atom is -0.354 e. The van der Waals surface area contributed by atoms with Crippen LogP contribution in [-0.4, -0.2) is 18.5 Å². The van der Waals surface area contributed by atoms with Crippen LogP contribution in [-0.2, 0) is 11.2 Å². The molecule has 1 rings (SSSR count). The third-order valence-corrected chi connectivity index (χ3v) is 3.53. The van der Waals surface area contributed by atoms with Gasteiger partial charge in [-0.05, 0) is 25.0 Å². The topological polar surface area (TPSA) is 55.1 Å². The van der Waals surface area contributed by atoms with Crippen LogP contribution in [0.4, 0.5) is 0 Å². The Morgan fingerprint density at radius 3 is 2.94 bits per heavy atom. The molecule has 1 aromatic rings. The quantitative estimate of drug-likeness (QED) is 0.824. The Labute approximate surface area is 105 Å². The van der Waals surface area contributed by atoms with Crippen LogP contribution in [0.2, 0.25) is 4.34 Å². The van der Waals surface area contributed by atoms with Gasteiger partial charge < -0.3 is 11.1 Å². The van der Waals surface area contributed by atoms with E-state index in [9.17, 15) is 4.79 Å². The number of carbonyl (C=O) groups is 1. The van der Waals surface area contributed by atoms with Crippen LogP contribution < -0.4 is 11.1 Å². The maximum absolute atomic E-state index is 11.5. The number of hydrogen-bond donors (Lipinski definition) is 2. The van der Waals surface area contributed by atoms with Crippen LogP contribution in [0.25, 0.3) is 0 Å². The first kappa shape index (κ1) is 13.5. The second kappa shape index (κ2) is 6.89. The van der Waals surface area contributed by atoms with E-state index < -0.39 is 0 Å². The fourth-order valence-corrected chi connectivity index (χ4v) is 2.46. The van der Waals surface area contributed by atoms with Crippen LogP contribution >= 0.6 is 22.9 Å². The molecule has 3 nitrogen and oxygen atoms in total. The summed E-state index contributed by atoms with van der Waals surface area (Å²) in [6, 6.07) is 3.47. The average Bonchev–Trinajstić information content (AvgIpc) is 2.64. The highest BCUT2D eigenvalue weighted by molar-refractivity contribution is 7.16. The van der Waals surface area contributed by atoms with E-state index in [1.807, 2.05) is 19.1 Å². The Hall–Kier alpha value is -0.580. The largest absolute Gasteiger partial charge is 0.354 e. The molecule has 0 bridgehead atoms. The lowest BCUT2D eigenvalue weighted by Crippen LogP contribution is -2.41. The van der Waals surface area contributed by atoms with E-state index in [1.54, 1.807) is 11.3 Å². The molecular formula is C11H17ClN2OS. The van der Waals surface area contributed by atoms with Gasteiger partial charge >= 0.3 is 0 Å². The van der Waals surface area contributed by atoms with Gasteiger partial charge in [-0.1, -0.05) is 24.9 Å². The van der Waals surface area contributed by atoms with Gasteiger partial charge in [0.25, 0.3) is 0 Å². The van der Waals surface area contributed by atoms with Crippen molar-refractivity contribution < 1.29 is 4.79 Å². The summed E-state index contributed by atoms with van der Waals surface area (Å²) in [5.41, 5.74) is 5.68. The maximum Gasteiger partial charge on any atom is 0.236 e. The minimum atomic E-state index is -0.378. The van der Waals surface area contributed by atoms with E-state index in [-0.39, 0.29) is 11.9 Å². The van der Waals surface area contributed by atoms with Crippen LogP contribution in [0.5, 0.6) is 0 Å². The number of halogens is 1. The third-order valence-electron chi connectivity index (χ3n) is 2.24. The van der Waals surface area contributed by atoms with Gasteiger partial charge in [-0.2, -0.15) is 0 Å². The summed E-state index contributed by atoms with van der Waals surface area (Å²) in [5, 5.41) is 2.82. The maximum atomic E-state index is 11.5. The predicted octanol–water partition coefficient (Wildman–Crippen LogP) is 2.19. The molecule has 0 aliphatic carbocycles. The van der Waals surface area contributed by atoms with E-state index in [4.69, 9.17) is 17.3 Å². The molecule has 0 saturated carbocycles. The van der Waals surface area contributed by atoms with Gasteiger partial charge in [0.1, 0.15) is 0 Å². The summed E-state index contributed by atoms with van der Waals surface area (Å²) >= 11 is 7.35. The first-order valence-corrected chi connectivity index (χ1v) is 6.60. The van der Waals surface area contributed by atoms with Crippen LogP contribution in [0.3, 0.4) is 0 Å². The van der Waals surface area contributed by atoms with Crippen molar-refractivity contribution in [2.24, 2.45) is 5.73 Å². The van der Waals surface area contributed by atoms with Gasteiger partial charge in [-0.25, -0.2) is 0 Å². The Balaban J connectivity index is 2.22. The molecule has 90 valence electrons. The molecule has 0 radical (unpaired) electrons. The lowest BCUT2D eigenvalue weighted by atomic mass is 10.1. The van der Waals surface area contributed by atoms with Crippen molar-refractivity contribution in [3.05, 3.63) is 21.3 Å². The SMILES string of the molecule is CCC[C@@H](N)C(=O)NCCc1ccc(Cl)s1. The standard InChI is InChI=1S/C11H17ClN2OS/c1-2-3-9(13)11(15)14-7-6-8-4-5-10(12)16-8/h4-5,9H,2-3,6-7,13H2,1H3,(H,14,15)/t9-/m1/s1. The molecule has 3 N–H and O–H groups in total. The Morgan fingerprint density at radius 2 is 2.38 bits per heavy atom. The summed E-state index contributed by atoms with van der Waals surface area (Å²) < 4.78 is 0.781. The lowest BCUT2D eigenvalue weighted by molar-refractivity contribution is -0.122. The van der Waals surface area contributed by atoms with Crippen molar-refractivity contribution in [3.63, 3.8) is 0 Å². The third kappa shape index (κ3) is 4.51. The molecule has 0 spiro atoms. The first-order chi connectivity index (χ1) is 7.63. The molecule has 16 heavy (non-hydrogen) atoms. The second-order valence-electron chi connectivity index (χ2n) is 3.64. The molecule has 0 unspecified atom stereocenters. The molecular weight excluding hydrogens is 244 g/mol. The molecule has 1 heterocycles. The van der Waals surface area contributed by atoms with Gasteiger partial charge in [0.2, 0.25) is 5.91 Å². The number of thiophene rings is 1. The zero-order valence-electron chi connectivity index (χ0n) is 9.33. The zero-order valence-corrected chi connectivity index (χ0v) is 10.9. The van der Waals surface area contributed by atoms with Crippen molar-refractivity contribution in [2.75, 3.05) is 6.54 Å². The van der Waals surface area contributed by atoms with Gasteiger partial charge in [-0.15, -0.1) is 11.3 Å². The van der Waals surface area contributed by atoms with Gasteiger partial charge in [0.05, 0.1) is 10.4 Å². The van der Waals surface area contributed by atoms with Crippen molar-refractivity contribution in [3.8, 4) is 0 Å². The molecule has 0 aromatic carbocycles. The highest BCUT2D eigenvalue weighted by Crippen LogP contribution is 2.21. The van der Waals surface area contributed by atoms with E-state index in [0.29, 0.717) is 6.54 Å². The number of nitrogens with two attached hydrogens (primary N) is 1. The smallest absolute Gasteiger partial charge is 0.236 e. The number of hydrogen-bond acceptors (Lipinski definition) is 3. The highest BCUT2D eigenvalue weighted by atomic mass is 35.5. The summed E-state index contributed by atoms with van der Waals surface area (Å²) in [7, 11) is 0. The van der Waals surface area contributed by atoms with E-state index >= 15 is 0 Å². The monoisotopic (exact) mass is 260 g/mol. The Bertz CT molecular complexity index is 340. The van der Waals surface area contributed by atoms with Crippen LogP contribution in [0.1, 0.15) is 24.6 Å². The van der Waals surface area contributed by atoms with Crippen LogP contribution in [0.15, 0.2) is 12.1 Å². The number of nitrogens with one attached hydrogen (secondary N) is 1. The molecule has 0 aliphatic rings. The summed E-state index contributed by atoms with van der Waals surface area (Å²) in [6.07, 6.45) is 2.47. The molecule has 0 saturated heterocycles. The predicted molar refractivity (Wildman–Crippen MR) is 68.9 cm³/mol. The number of amides is 1. The fourth-order valence-electron chi connectivity index (χ4n) is 1.37. The van der Waals surface area contributed by atoms with Crippen molar-refractivity contribution >= 4 is 28.8 Å². The average molecular weight is 261 g/mol. The highest BCUT2D eigenvalue weighted by Gasteiger charge is 2.11. The lowest BCUT2D eigenvalue weighted by Gasteiger charge is -2.10. The number of rotatable bonds is 6. The Morgan fingerprint density at radius 1 is 1.62 bits per heavy atom. The molecule has 1 atom stereocenters. The number of carbonyl (C=O) groups excluding carboxylic acids is 1. The van der Waals surface area contributed by atoms with Crippen LogP contribution in [0, 0.1) is 0 Å². The van der Waals surface area contributed by atoms with Gasteiger partial charge in [0, 0.05) is 11.4 Å². The minimum absolute atomic E-state index is 0.0653. The van der Waals surface area contributed by atoms with Crippen molar-refractivity contribution in [2.45, 2.75) is 32.2 Å². The normalized spacial score (nSPS) is 12.4. The molecule has 0 fully saturated rings. The zero-order chi connectivity index (χ0) is 12.0. The second-order valence-corrected chi connectivity index (χ2v) is 5.44. The van der Waals surface area contributed by atoms with Gasteiger partial charge in [0.15, 0.2) is 0 Å². The fraction of sp³-hybridized carbons (Fsp3) is 0.545. The van der Waals surface area contributed by atoms with Crippen molar-refractivity contribution in [1.82, 2.24) is 5.32 Å². The summed E-state index contributed by atoms with van der Waals surface area (Å²) in [5.74, 6) is -0.0653.